The molecule has 1 unspecified atom stereocenters. The summed E-state index contributed by atoms with van der Waals surface area (Å²) in [6, 6.07) is 8.60. The van der Waals surface area contributed by atoms with Crippen molar-refractivity contribution in [1.82, 2.24) is 10.2 Å². The van der Waals surface area contributed by atoms with E-state index in [0.717, 1.165) is 23.1 Å². The van der Waals surface area contributed by atoms with E-state index in [9.17, 15) is 23.2 Å². The molecule has 1 heterocycles. The third-order valence-corrected chi connectivity index (χ3v) is 4.52. The first-order valence-corrected chi connectivity index (χ1v) is 8.24. The first-order chi connectivity index (χ1) is 12.7. The van der Waals surface area contributed by atoms with E-state index < -0.39 is 41.6 Å². The van der Waals surface area contributed by atoms with Gasteiger partial charge >= 0.3 is 6.03 Å². The van der Waals surface area contributed by atoms with Crippen molar-refractivity contribution in [2.24, 2.45) is 0 Å². The summed E-state index contributed by atoms with van der Waals surface area (Å²) in [6.07, 6.45) is 0. The van der Waals surface area contributed by atoms with E-state index in [2.05, 4.69) is 10.6 Å². The van der Waals surface area contributed by atoms with Gasteiger partial charge in [0.15, 0.2) is 11.6 Å². The molecule has 2 aromatic carbocycles. The molecule has 0 aromatic heterocycles. The van der Waals surface area contributed by atoms with Crippen molar-refractivity contribution in [2.45, 2.75) is 12.5 Å². The molecule has 1 fully saturated rings. The van der Waals surface area contributed by atoms with Crippen LogP contribution in [0.15, 0.2) is 42.5 Å². The lowest BCUT2D eigenvalue weighted by molar-refractivity contribution is -0.133. The summed E-state index contributed by atoms with van der Waals surface area (Å²) in [6.45, 7) is 0.894. The molecule has 2 aromatic rings. The second kappa shape index (κ2) is 6.96. The van der Waals surface area contributed by atoms with E-state index >= 15 is 0 Å². The predicted octanol–water partition coefficient (Wildman–Crippen LogP) is 3.02. The fourth-order valence-electron chi connectivity index (χ4n) is 2.81. The number of nitrogens with zero attached hydrogens (tertiary/aromatic N) is 1. The molecule has 0 radical (unpaired) electrons. The summed E-state index contributed by atoms with van der Waals surface area (Å²) < 4.78 is 26.2. The molecule has 1 aliphatic heterocycles. The quantitative estimate of drug-likeness (QED) is 0.784. The Labute approximate surface area is 158 Å². The largest absolute Gasteiger partial charge is 0.325 e. The molecule has 140 valence electrons. The Kier molecular flexibility index (Phi) is 4.84. The van der Waals surface area contributed by atoms with E-state index in [1.54, 1.807) is 24.3 Å². The van der Waals surface area contributed by atoms with Crippen molar-refractivity contribution in [2.75, 3.05) is 11.9 Å². The lowest BCUT2D eigenvalue weighted by Gasteiger charge is -2.23. The van der Waals surface area contributed by atoms with E-state index in [1.165, 1.54) is 6.92 Å². The van der Waals surface area contributed by atoms with Crippen LogP contribution in [0.1, 0.15) is 12.5 Å². The molecule has 27 heavy (non-hydrogen) atoms. The van der Waals surface area contributed by atoms with Crippen LogP contribution in [0.3, 0.4) is 0 Å². The summed E-state index contributed by atoms with van der Waals surface area (Å²) in [5.74, 6) is -3.58. The van der Waals surface area contributed by atoms with Crippen molar-refractivity contribution in [3.05, 3.63) is 64.7 Å². The number of urea groups is 1. The number of carbonyl (C=O) groups excluding carboxylic acids is 3. The number of imide groups is 1. The lowest BCUT2D eigenvalue weighted by atomic mass is 9.92. The van der Waals surface area contributed by atoms with E-state index in [-0.39, 0.29) is 5.69 Å². The fourth-order valence-corrected chi connectivity index (χ4v) is 3.13. The number of hydrogen-bond acceptors (Lipinski definition) is 3. The molecule has 1 aliphatic rings. The maximum absolute atomic E-state index is 13.2. The molecular weight excluding hydrogens is 380 g/mol. The maximum Gasteiger partial charge on any atom is 0.325 e. The second-order valence-electron chi connectivity index (χ2n) is 6.10. The third kappa shape index (κ3) is 3.48. The molecule has 0 bridgehead atoms. The van der Waals surface area contributed by atoms with Gasteiger partial charge in [0.25, 0.3) is 5.91 Å². The minimum absolute atomic E-state index is 0.000167. The normalized spacial score (nSPS) is 19.2. The van der Waals surface area contributed by atoms with Crippen LogP contribution in [0.5, 0.6) is 0 Å². The predicted molar refractivity (Wildman–Crippen MR) is 94.0 cm³/mol. The number of benzene rings is 2. The van der Waals surface area contributed by atoms with Crippen molar-refractivity contribution < 1.29 is 23.2 Å². The van der Waals surface area contributed by atoms with Gasteiger partial charge in [-0.1, -0.05) is 29.8 Å². The smallest absolute Gasteiger partial charge is 0.324 e. The molecule has 1 saturated heterocycles. The standard InChI is InChI=1S/C18H14ClF2N3O3/c1-18(11-4-2-3-5-12(11)19)16(26)24(17(27)23-18)9-15(25)22-10-6-7-13(20)14(21)8-10/h2-8H,9H2,1H3,(H,22,25)(H,23,27). The highest BCUT2D eigenvalue weighted by atomic mass is 35.5. The van der Waals surface area contributed by atoms with E-state index in [1.807, 2.05) is 0 Å². The maximum atomic E-state index is 13.2. The van der Waals surface area contributed by atoms with Gasteiger partial charge in [0, 0.05) is 22.3 Å². The molecule has 1 atom stereocenters. The van der Waals surface area contributed by atoms with Gasteiger partial charge in [-0.25, -0.2) is 13.6 Å². The molecule has 2 N–H and O–H groups in total. The highest BCUT2D eigenvalue weighted by Gasteiger charge is 2.50. The van der Waals surface area contributed by atoms with Gasteiger partial charge < -0.3 is 10.6 Å². The molecular formula is C18H14ClF2N3O3. The van der Waals surface area contributed by atoms with Gasteiger partial charge in [-0.2, -0.15) is 0 Å². The first kappa shape index (κ1) is 18.8. The topological polar surface area (TPSA) is 78.5 Å². The van der Waals surface area contributed by atoms with Gasteiger partial charge in [0.2, 0.25) is 5.91 Å². The zero-order valence-electron chi connectivity index (χ0n) is 14.1. The average molecular weight is 394 g/mol. The van der Waals surface area contributed by atoms with Crippen molar-refractivity contribution in [1.29, 1.82) is 0 Å². The number of rotatable bonds is 4. The van der Waals surface area contributed by atoms with Gasteiger partial charge in [-0.05, 0) is 25.1 Å². The Balaban J connectivity index is 1.76. The van der Waals surface area contributed by atoms with Crippen LogP contribution in [-0.2, 0) is 15.1 Å². The summed E-state index contributed by atoms with van der Waals surface area (Å²) in [4.78, 5) is 37.9. The highest BCUT2D eigenvalue weighted by molar-refractivity contribution is 6.32. The fraction of sp³-hybridized carbons (Fsp3) is 0.167. The summed E-state index contributed by atoms with van der Waals surface area (Å²) in [5.41, 5.74) is -1.02. The number of anilines is 1. The van der Waals surface area contributed by atoms with E-state index in [4.69, 9.17) is 11.6 Å². The second-order valence-corrected chi connectivity index (χ2v) is 6.51. The van der Waals surface area contributed by atoms with Crippen LogP contribution in [0.2, 0.25) is 5.02 Å². The number of halogens is 3. The van der Waals surface area contributed by atoms with Gasteiger partial charge in [-0.15, -0.1) is 0 Å². The molecule has 0 spiro atoms. The Morgan fingerprint density at radius 3 is 2.56 bits per heavy atom. The number of carbonyl (C=O) groups is 3. The Hall–Kier alpha value is -3.00. The minimum atomic E-state index is -1.42. The van der Waals surface area contributed by atoms with Crippen molar-refractivity contribution >= 4 is 35.1 Å². The Morgan fingerprint density at radius 1 is 1.19 bits per heavy atom. The number of amides is 4. The molecule has 4 amide bonds. The molecule has 0 aliphatic carbocycles. The molecule has 0 saturated carbocycles. The Morgan fingerprint density at radius 2 is 1.89 bits per heavy atom. The van der Waals surface area contributed by atoms with Crippen molar-refractivity contribution in [3.63, 3.8) is 0 Å². The SMILES string of the molecule is CC1(c2ccccc2Cl)NC(=O)N(CC(=O)Nc2ccc(F)c(F)c2)C1=O. The number of hydrogen-bond donors (Lipinski definition) is 2. The van der Waals surface area contributed by atoms with Gasteiger partial charge in [0.05, 0.1) is 0 Å². The zero-order valence-corrected chi connectivity index (χ0v) is 14.8. The van der Waals surface area contributed by atoms with Crippen LogP contribution in [0.25, 0.3) is 0 Å². The minimum Gasteiger partial charge on any atom is -0.324 e. The Bertz CT molecular complexity index is 953. The van der Waals surface area contributed by atoms with Gasteiger partial charge in [-0.3, -0.25) is 14.5 Å². The summed E-state index contributed by atoms with van der Waals surface area (Å²) in [5, 5.41) is 5.14. The highest BCUT2D eigenvalue weighted by Crippen LogP contribution is 2.33. The van der Waals surface area contributed by atoms with Crippen LogP contribution < -0.4 is 10.6 Å². The van der Waals surface area contributed by atoms with Crippen molar-refractivity contribution in [3.8, 4) is 0 Å². The first-order valence-electron chi connectivity index (χ1n) is 7.86. The summed E-state index contributed by atoms with van der Waals surface area (Å²) in [7, 11) is 0. The van der Waals surface area contributed by atoms with Crippen LogP contribution in [0, 0.1) is 11.6 Å². The van der Waals surface area contributed by atoms with Gasteiger partial charge in [0.1, 0.15) is 12.1 Å². The molecule has 6 nitrogen and oxygen atoms in total. The van der Waals surface area contributed by atoms with Crippen LogP contribution in [-0.4, -0.2) is 29.3 Å². The van der Waals surface area contributed by atoms with Crippen LogP contribution >= 0.6 is 11.6 Å². The zero-order chi connectivity index (χ0) is 19.8. The molecule has 9 heteroatoms. The number of nitrogens with one attached hydrogen (secondary N) is 2. The molecule has 3 rings (SSSR count). The lowest BCUT2D eigenvalue weighted by Crippen LogP contribution is -2.42. The van der Waals surface area contributed by atoms with E-state index in [0.29, 0.717) is 10.6 Å². The summed E-state index contributed by atoms with van der Waals surface area (Å²) >= 11 is 6.13. The third-order valence-electron chi connectivity index (χ3n) is 4.19. The monoisotopic (exact) mass is 393 g/mol. The average Bonchev–Trinajstić information content (AvgIpc) is 2.82. The van der Waals surface area contributed by atoms with Crippen LogP contribution in [0.4, 0.5) is 19.3 Å².